The topological polar surface area (TPSA) is 43.4 Å². The monoisotopic (exact) mass is 228 g/mol. The van der Waals surface area contributed by atoms with Gasteiger partial charge in [0, 0.05) is 6.26 Å². The van der Waals surface area contributed by atoms with E-state index in [0.717, 1.165) is 17.7 Å². The van der Waals surface area contributed by atoms with Crippen LogP contribution in [-0.4, -0.2) is 27.5 Å². The third kappa shape index (κ3) is 4.34. The van der Waals surface area contributed by atoms with Crippen molar-refractivity contribution in [3.8, 4) is 5.75 Å². The van der Waals surface area contributed by atoms with Gasteiger partial charge < -0.3 is 4.74 Å². The van der Waals surface area contributed by atoms with Gasteiger partial charge in [-0.1, -0.05) is 18.2 Å². The number of para-hydroxylation sites is 1. The number of sulfone groups is 1. The van der Waals surface area contributed by atoms with Crippen molar-refractivity contribution in [3.63, 3.8) is 0 Å². The van der Waals surface area contributed by atoms with Gasteiger partial charge in [-0.2, -0.15) is 0 Å². The Kier molecular flexibility index (Phi) is 4.15. The normalized spacial score (nSPS) is 11.3. The van der Waals surface area contributed by atoms with Crippen LogP contribution in [0.15, 0.2) is 24.3 Å². The molecule has 4 heteroatoms. The molecule has 1 aromatic carbocycles. The van der Waals surface area contributed by atoms with E-state index < -0.39 is 9.84 Å². The summed E-state index contributed by atoms with van der Waals surface area (Å²) in [7, 11) is -1.23. The standard InChI is InChI=1S/C11H16O3S/c1-14-11-8-4-3-6-10(11)7-5-9-15(2,12)13/h3-4,6,8H,5,7,9H2,1-2H3. The van der Waals surface area contributed by atoms with Crippen LogP contribution in [0.4, 0.5) is 0 Å². The van der Waals surface area contributed by atoms with E-state index in [1.165, 1.54) is 6.26 Å². The summed E-state index contributed by atoms with van der Waals surface area (Å²) in [6.07, 6.45) is 2.63. The number of hydrogen-bond acceptors (Lipinski definition) is 3. The lowest BCUT2D eigenvalue weighted by Crippen LogP contribution is -2.04. The molecule has 0 saturated heterocycles. The van der Waals surface area contributed by atoms with Gasteiger partial charge in [0.15, 0.2) is 0 Å². The lowest BCUT2D eigenvalue weighted by Gasteiger charge is -2.07. The molecule has 0 amide bonds. The largest absolute Gasteiger partial charge is 0.496 e. The maximum atomic E-state index is 10.9. The van der Waals surface area contributed by atoms with Crippen LogP contribution in [0, 0.1) is 0 Å². The summed E-state index contributed by atoms with van der Waals surface area (Å²) in [5.74, 6) is 1.05. The highest BCUT2D eigenvalue weighted by atomic mass is 32.2. The van der Waals surface area contributed by atoms with Gasteiger partial charge in [-0.15, -0.1) is 0 Å². The smallest absolute Gasteiger partial charge is 0.147 e. The Bertz CT molecular complexity index is 410. The first-order valence-corrected chi connectivity index (χ1v) is 6.88. The lowest BCUT2D eigenvalue weighted by molar-refractivity contribution is 0.409. The zero-order chi connectivity index (χ0) is 11.3. The van der Waals surface area contributed by atoms with Crippen molar-refractivity contribution >= 4 is 9.84 Å². The summed E-state index contributed by atoms with van der Waals surface area (Å²) >= 11 is 0. The summed E-state index contributed by atoms with van der Waals surface area (Å²) in [6.45, 7) is 0. The molecule has 0 heterocycles. The third-order valence-electron chi connectivity index (χ3n) is 2.15. The molecule has 0 saturated carbocycles. The zero-order valence-corrected chi connectivity index (χ0v) is 9.88. The fourth-order valence-electron chi connectivity index (χ4n) is 1.43. The summed E-state index contributed by atoms with van der Waals surface area (Å²) in [5.41, 5.74) is 1.06. The first-order valence-electron chi connectivity index (χ1n) is 4.82. The highest BCUT2D eigenvalue weighted by Crippen LogP contribution is 2.18. The molecule has 0 aliphatic carbocycles. The van der Waals surface area contributed by atoms with Crippen LogP contribution in [0.25, 0.3) is 0 Å². The van der Waals surface area contributed by atoms with Crippen LogP contribution in [0.1, 0.15) is 12.0 Å². The van der Waals surface area contributed by atoms with E-state index in [4.69, 9.17) is 4.74 Å². The molecule has 15 heavy (non-hydrogen) atoms. The molecule has 0 aliphatic rings. The average Bonchev–Trinajstić information content (AvgIpc) is 2.16. The minimum atomic E-state index is -2.85. The summed E-state index contributed by atoms with van der Waals surface area (Å²) in [4.78, 5) is 0. The van der Waals surface area contributed by atoms with E-state index in [1.807, 2.05) is 24.3 Å². The Morgan fingerprint density at radius 1 is 1.27 bits per heavy atom. The van der Waals surface area contributed by atoms with Gasteiger partial charge in [0.05, 0.1) is 12.9 Å². The minimum Gasteiger partial charge on any atom is -0.496 e. The molecule has 84 valence electrons. The molecular formula is C11H16O3S. The summed E-state index contributed by atoms with van der Waals surface area (Å²) in [5, 5.41) is 0. The molecule has 0 fully saturated rings. The van der Waals surface area contributed by atoms with Crippen molar-refractivity contribution in [3.05, 3.63) is 29.8 Å². The Labute approximate surface area is 91.0 Å². The molecule has 0 radical (unpaired) electrons. The summed E-state index contributed by atoms with van der Waals surface area (Å²) < 4.78 is 27.1. The van der Waals surface area contributed by atoms with E-state index in [1.54, 1.807) is 7.11 Å². The molecule has 0 aliphatic heterocycles. The van der Waals surface area contributed by atoms with Crippen LogP contribution < -0.4 is 4.74 Å². The van der Waals surface area contributed by atoms with E-state index in [9.17, 15) is 8.42 Å². The van der Waals surface area contributed by atoms with Crippen LogP contribution in [0.3, 0.4) is 0 Å². The fraction of sp³-hybridized carbons (Fsp3) is 0.455. The molecule has 0 aromatic heterocycles. The van der Waals surface area contributed by atoms with Crippen molar-refractivity contribution in [2.45, 2.75) is 12.8 Å². The minimum absolute atomic E-state index is 0.227. The molecule has 3 nitrogen and oxygen atoms in total. The fourth-order valence-corrected chi connectivity index (χ4v) is 2.10. The predicted molar refractivity (Wildman–Crippen MR) is 61.0 cm³/mol. The van der Waals surface area contributed by atoms with Gasteiger partial charge in [-0.25, -0.2) is 8.42 Å². The zero-order valence-electron chi connectivity index (χ0n) is 9.06. The number of methoxy groups -OCH3 is 1. The molecule has 0 N–H and O–H groups in total. The molecule has 0 unspecified atom stereocenters. The van der Waals surface area contributed by atoms with E-state index in [2.05, 4.69) is 0 Å². The van der Waals surface area contributed by atoms with Crippen molar-refractivity contribution in [2.24, 2.45) is 0 Å². The van der Waals surface area contributed by atoms with Gasteiger partial charge in [0.1, 0.15) is 15.6 Å². The van der Waals surface area contributed by atoms with E-state index in [-0.39, 0.29) is 5.75 Å². The van der Waals surface area contributed by atoms with Crippen molar-refractivity contribution in [2.75, 3.05) is 19.1 Å². The predicted octanol–water partition coefficient (Wildman–Crippen LogP) is 1.67. The Hall–Kier alpha value is -1.03. The summed E-state index contributed by atoms with van der Waals surface area (Å²) in [6, 6.07) is 7.67. The Balaban J connectivity index is 2.58. The highest BCUT2D eigenvalue weighted by Gasteiger charge is 2.05. The van der Waals surface area contributed by atoms with Crippen LogP contribution in [-0.2, 0) is 16.3 Å². The van der Waals surface area contributed by atoms with Crippen LogP contribution >= 0.6 is 0 Å². The Morgan fingerprint density at radius 2 is 1.93 bits per heavy atom. The molecule has 0 spiro atoms. The number of ether oxygens (including phenoxy) is 1. The van der Waals surface area contributed by atoms with Gasteiger partial charge in [0.25, 0.3) is 0 Å². The molecule has 1 rings (SSSR count). The third-order valence-corrected chi connectivity index (χ3v) is 3.18. The Morgan fingerprint density at radius 3 is 2.53 bits per heavy atom. The SMILES string of the molecule is COc1ccccc1CCCS(C)(=O)=O. The van der Waals surface area contributed by atoms with E-state index >= 15 is 0 Å². The number of hydrogen-bond donors (Lipinski definition) is 0. The van der Waals surface area contributed by atoms with E-state index in [0.29, 0.717) is 6.42 Å². The van der Waals surface area contributed by atoms with Crippen molar-refractivity contribution in [1.29, 1.82) is 0 Å². The van der Waals surface area contributed by atoms with Crippen molar-refractivity contribution in [1.82, 2.24) is 0 Å². The second-order valence-electron chi connectivity index (χ2n) is 3.55. The quantitative estimate of drug-likeness (QED) is 0.770. The molecular weight excluding hydrogens is 212 g/mol. The van der Waals surface area contributed by atoms with Crippen LogP contribution in [0.2, 0.25) is 0 Å². The van der Waals surface area contributed by atoms with Gasteiger partial charge in [0.2, 0.25) is 0 Å². The van der Waals surface area contributed by atoms with Gasteiger partial charge in [-0.3, -0.25) is 0 Å². The maximum Gasteiger partial charge on any atom is 0.147 e. The average molecular weight is 228 g/mol. The highest BCUT2D eigenvalue weighted by molar-refractivity contribution is 7.90. The number of aryl methyl sites for hydroxylation is 1. The lowest BCUT2D eigenvalue weighted by atomic mass is 10.1. The van der Waals surface area contributed by atoms with Crippen LogP contribution in [0.5, 0.6) is 5.75 Å². The molecule has 0 atom stereocenters. The molecule has 0 bridgehead atoms. The second-order valence-corrected chi connectivity index (χ2v) is 5.81. The molecule has 1 aromatic rings. The van der Waals surface area contributed by atoms with Crippen molar-refractivity contribution < 1.29 is 13.2 Å². The first kappa shape index (κ1) is 12.0. The number of benzene rings is 1. The number of rotatable bonds is 5. The maximum absolute atomic E-state index is 10.9. The van der Waals surface area contributed by atoms with Gasteiger partial charge >= 0.3 is 0 Å². The first-order chi connectivity index (χ1) is 7.03. The second kappa shape index (κ2) is 5.16. The van der Waals surface area contributed by atoms with Gasteiger partial charge in [-0.05, 0) is 24.5 Å².